The van der Waals surface area contributed by atoms with E-state index in [-0.39, 0.29) is 31.8 Å². The molecule has 44 heavy (non-hydrogen) atoms. The predicted molar refractivity (Wildman–Crippen MR) is 159 cm³/mol. The number of hydrogen-bond donors (Lipinski definition) is 1. The lowest BCUT2D eigenvalue weighted by molar-refractivity contribution is -0.228. The van der Waals surface area contributed by atoms with Gasteiger partial charge in [-0.1, -0.05) is 45.8 Å². The van der Waals surface area contributed by atoms with Gasteiger partial charge < -0.3 is 24.1 Å². The van der Waals surface area contributed by atoms with Crippen LogP contribution in [0.25, 0.3) is 0 Å². The summed E-state index contributed by atoms with van der Waals surface area (Å²) < 4.78 is 39.8. The SMILES string of the molecule is CCCCC(=O)OC1(C(=O)COC(=O)COCCOCCC)C(C)CC2C3CCC4=CC(=O)C=CC4(C)C3(F)C(O)CC21C. The monoisotopic (exact) mass is 620 g/mol. The largest absolute Gasteiger partial charge is 0.456 e. The Morgan fingerprint density at radius 3 is 2.45 bits per heavy atom. The molecule has 4 rings (SSSR count). The second-order valence-electron chi connectivity index (χ2n) is 13.5. The van der Waals surface area contributed by atoms with Crippen LogP contribution in [0.2, 0.25) is 0 Å². The highest BCUT2D eigenvalue weighted by Gasteiger charge is 2.77. The summed E-state index contributed by atoms with van der Waals surface area (Å²) in [5, 5.41) is 11.7. The molecule has 0 heterocycles. The number of allylic oxidation sites excluding steroid dienone is 4. The number of hydrogen-bond acceptors (Lipinski definition) is 9. The Bertz CT molecular complexity index is 1180. The van der Waals surface area contributed by atoms with Gasteiger partial charge in [0.2, 0.25) is 5.78 Å². The molecule has 0 aliphatic heterocycles. The van der Waals surface area contributed by atoms with Crippen molar-refractivity contribution in [1.82, 2.24) is 0 Å². The number of esters is 2. The van der Waals surface area contributed by atoms with Crippen LogP contribution in [0.1, 0.15) is 86.0 Å². The van der Waals surface area contributed by atoms with E-state index in [4.69, 9.17) is 18.9 Å². The van der Waals surface area contributed by atoms with Crippen molar-refractivity contribution in [3.63, 3.8) is 0 Å². The molecule has 0 spiro atoms. The van der Waals surface area contributed by atoms with Gasteiger partial charge in [0, 0.05) is 35.7 Å². The number of Topliss-reactive ketones (excluding diaryl/α,β-unsaturated/α-hetero) is 1. The second-order valence-corrected chi connectivity index (χ2v) is 13.5. The highest BCUT2D eigenvalue weighted by Crippen LogP contribution is 2.71. The van der Waals surface area contributed by atoms with Crippen LogP contribution in [0.15, 0.2) is 23.8 Å². The number of halogens is 1. The van der Waals surface area contributed by atoms with Crippen LogP contribution in [0.4, 0.5) is 4.39 Å². The molecule has 0 bridgehead atoms. The van der Waals surface area contributed by atoms with Gasteiger partial charge in [-0.25, -0.2) is 9.18 Å². The molecule has 4 aliphatic carbocycles. The fourth-order valence-corrected chi connectivity index (χ4v) is 8.77. The van der Waals surface area contributed by atoms with Gasteiger partial charge in [0.15, 0.2) is 23.7 Å². The molecule has 3 saturated carbocycles. The first kappa shape index (κ1) is 34.4. The van der Waals surface area contributed by atoms with E-state index in [1.807, 2.05) is 27.7 Å². The molecule has 0 aromatic carbocycles. The summed E-state index contributed by atoms with van der Waals surface area (Å²) in [6.07, 6.45) is 6.34. The number of ether oxygens (including phenoxy) is 4. The van der Waals surface area contributed by atoms with E-state index in [0.717, 1.165) is 12.8 Å². The minimum atomic E-state index is -2.09. The molecular formula is C34H49FO9. The van der Waals surface area contributed by atoms with Crippen molar-refractivity contribution in [2.45, 2.75) is 103 Å². The average molecular weight is 621 g/mol. The number of unbranched alkanes of at least 4 members (excludes halogenated alkanes) is 1. The van der Waals surface area contributed by atoms with Crippen LogP contribution in [0.3, 0.4) is 0 Å². The lowest BCUT2D eigenvalue weighted by atomic mass is 9.44. The first-order valence-corrected chi connectivity index (χ1v) is 16.2. The van der Waals surface area contributed by atoms with Crippen molar-refractivity contribution in [1.29, 1.82) is 0 Å². The third kappa shape index (κ3) is 5.71. The Morgan fingerprint density at radius 1 is 1.02 bits per heavy atom. The maximum absolute atomic E-state index is 17.6. The highest BCUT2D eigenvalue weighted by atomic mass is 19.1. The molecular weight excluding hydrogens is 571 g/mol. The Balaban J connectivity index is 1.61. The van der Waals surface area contributed by atoms with E-state index in [0.29, 0.717) is 44.5 Å². The number of aliphatic hydroxyl groups is 1. The van der Waals surface area contributed by atoms with E-state index in [1.54, 1.807) is 13.0 Å². The van der Waals surface area contributed by atoms with E-state index < -0.39 is 70.3 Å². The van der Waals surface area contributed by atoms with Gasteiger partial charge >= 0.3 is 11.9 Å². The maximum Gasteiger partial charge on any atom is 0.332 e. The van der Waals surface area contributed by atoms with Crippen LogP contribution >= 0.6 is 0 Å². The highest BCUT2D eigenvalue weighted by molar-refractivity contribution is 6.01. The number of rotatable bonds is 14. The zero-order valence-electron chi connectivity index (χ0n) is 26.8. The number of alkyl halides is 1. The molecule has 8 atom stereocenters. The molecule has 0 amide bonds. The van der Waals surface area contributed by atoms with Crippen molar-refractivity contribution >= 4 is 23.5 Å². The standard InChI is InChI=1S/C34H49FO9/c1-6-8-9-29(39)44-34(28(38)20-43-30(40)21-42-16-15-41-14-7-2)22(3)17-26-25-11-10-23-18-24(36)12-13-31(23,4)33(25,35)27(37)19-32(26,34)5/h12-13,18,22,25-27,37H,6-11,14-17,19-21H2,1-5H3. The van der Waals surface area contributed by atoms with Gasteiger partial charge in [0.25, 0.3) is 0 Å². The van der Waals surface area contributed by atoms with E-state index in [2.05, 4.69) is 0 Å². The number of fused-ring (bicyclic) bond motifs is 5. The number of ketones is 2. The second kappa shape index (κ2) is 13.5. The van der Waals surface area contributed by atoms with Gasteiger partial charge in [-0.2, -0.15) is 0 Å². The average Bonchev–Trinajstić information content (AvgIpc) is 3.19. The van der Waals surface area contributed by atoms with Gasteiger partial charge in [-0.3, -0.25) is 14.4 Å². The quantitative estimate of drug-likeness (QED) is 0.219. The molecule has 10 heteroatoms. The lowest BCUT2D eigenvalue weighted by Gasteiger charge is -2.62. The Kier molecular flexibility index (Phi) is 10.6. The third-order valence-corrected chi connectivity index (χ3v) is 10.9. The molecule has 4 aliphatic rings. The summed E-state index contributed by atoms with van der Waals surface area (Å²) in [4.78, 5) is 52.1. The first-order valence-electron chi connectivity index (χ1n) is 16.2. The molecule has 8 unspecified atom stereocenters. The fourth-order valence-electron chi connectivity index (χ4n) is 8.77. The lowest BCUT2D eigenvalue weighted by Crippen LogP contribution is -2.70. The van der Waals surface area contributed by atoms with Crippen molar-refractivity contribution in [2.24, 2.45) is 28.6 Å². The number of carbonyl (C=O) groups is 4. The molecule has 0 aromatic heterocycles. The normalized spacial score (nSPS) is 37.4. The van der Waals surface area contributed by atoms with Crippen molar-refractivity contribution in [3.05, 3.63) is 23.8 Å². The molecule has 0 saturated heterocycles. The van der Waals surface area contributed by atoms with Crippen LogP contribution in [0, 0.1) is 28.6 Å². The van der Waals surface area contributed by atoms with Gasteiger partial charge in [-0.15, -0.1) is 0 Å². The topological polar surface area (TPSA) is 125 Å². The smallest absolute Gasteiger partial charge is 0.332 e. The number of aliphatic hydroxyl groups excluding tert-OH is 1. The minimum absolute atomic E-state index is 0.108. The Morgan fingerprint density at radius 2 is 1.75 bits per heavy atom. The summed E-state index contributed by atoms with van der Waals surface area (Å²) in [6, 6.07) is 0. The molecule has 3 fully saturated rings. The van der Waals surface area contributed by atoms with Crippen molar-refractivity contribution in [3.8, 4) is 0 Å². The van der Waals surface area contributed by atoms with Crippen molar-refractivity contribution in [2.75, 3.05) is 33.0 Å². The Labute approximate surface area is 259 Å². The van der Waals surface area contributed by atoms with Gasteiger partial charge in [0.1, 0.15) is 6.61 Å². The van der Waals surface area contributed by atoms with Crippen LogP contribution in [-0.4, -0.2) is 79.0 Å². The summed E-state index contributed by atoms with van der Waals surface area (Å²) >= 11 is 0. The zero-order chi connectivity index (χ0) is 32.3. The van der Waals surface area contributed by atoms with E-state index in [1.165, 1.54) is 12.2 Å². The molecule has 9 nitrogen and oxygen atoms in total. The summed E-state index contributed by atoms with van der Waals surface area (Å²) in [5.41, 5.74) is -5.46. The minimum Gasteiger partial charge on any atom is -0.456 e. The van der Waals surface area contributed by atoms with E-state index in [9.17, 15) is 24.3 Å². The molecule has 246 valence electrons. The van der Waals surface area contributed by atoms with Crippen molar-refractivity contribution < 1.29 is 47.6 Å². The summed E-state index contributed by atoms with van der Waals surface area (Å²) in [5.74, 6) is -3.66. The molecule has 0 aromatic rings. The third-order valence-electron chi connectivity index (χ3n) is 10.9. The fraction of sp³-hybridized carbons (Fsp3) is 0.765. The first-order chi connectivity index (χ1) is 20.8. The zero-order valence-corrected chi connectivity index (χ0v) is 26.8. The van der Waals surface area contributed by atoms with Crippen LogP contribution in [0.5, 0.6) is 0 Å². The molecule has 0 radical (unpaired) electrons. The predicted octanol–water partition coefficient (Wildman–Crippen LogP) is 4.63. The van der Waals surface area contributed by atoms with Gasteiger partial charge in [0.05, 0.1) is 19.3 Å². The van der Waals surface area contributed by atoms with Gasteiger partial charge in [-0.05, 0) is 63.5 Å². The van der Waals surface area contributed by atoms with Crippen LogP contribution < -0.4 is 0 Å². The van der Waals surface area contributed by atoms with E-state index >= 15 is 4.39 Å². The Hall–Kier alpha value is -2.43. The van der Waals surface area contributed by atoms with Crippen LogP contribution in [-0.2, 0) is 38.1 Å². The summed E-state index contributed by atoms with van der Waals surface area (Å²) in [7, 11) is 0. The number of carbonyl (C=O) groups excluding carboxylic acids is 4. The maximum atomic E-state index is 17.6. The summed E-state index contributed by atoms with van der Waals surface area (Å²) in [6.45, 7) is 9.40. The molecule has 1 N–H and O–H groups in total.